The van der Waals surface area contributed by atoms with Crippen LogP contribution >= 0.6 is 0 Å². The molecule has 0 atom stereocenters. The third-order valence-electron chi connectivity index (χ3n) is 8.24. The molecular weight excluding hydrogens is 554 g/mol. The first-order valence-corrected chi connectivity index (χ1v) is 14.8. The predicted molar refractivity (Wildman–Crippen MR) is 170 cm³/mol. The summed E-state index contributed by atoms with van der Waals surface area (Å²) in [5.74, 6) is -0.0373. The average molecular weight is 588 g/mol. The number of hydrogen-bond acceptors (Lipinski definition) is 6. The second-order valence-corrected chi connectivity index (χ2v) is 11.2. The van der Waals surface area contributed by atoms with Crippen molar-refractivity contribution in [1.82, 2.24) is 19.9 Å². The highest BCUT2D eigenvalue weighted by Gasteiger charge is 2.23. The van der Waals surface area contributed by atoms with E-state index in [1.807, 2.05) is 13.0 Å². The molecule has 0 saturated carbocycles. The number of benzene rings is 3. The lowest BCUT2D eigenvalue weighted by atomic mass is 9.90. The van der Waals surface area contributed by atoms with E-state index in [-0.39, 0.29) is 23.6 Å². The van der Waals surface area contributed by atoms with Crippen molar-refractivity contribution in [2.24, 2.45) is 5.92 Å². The topological polar surface area (TPSA) is 117 Å². The van der Waals surface area contributed by atoms with Gasteiger partial charge >= 0.3 is 5.97 Å². The summed E-state index contributed by atoms with van der Waals surface area (Å²) in [4.78, 5) is 49.0. The van der Waals surface area contributed by atoms with Crippen molar-refractivity contribution in [2.75, 3.05) is 18.0 Å². The van der Waals surface area contributed by atoms with Gasteiger partial charge in [-0.15, -0.1) is 0 Å². The van der Waals surface area contributed by atoms with Crippen LogP contribution in [0.5, 0.6) is 0 Å². The molecule has 9 heteroatoms. The number of carbonyl (C=O) groups excluding carboxylic acids is 1. The fourth-order valence-corrected chi connectivity index (χ4v) is 5.74. The molecule has 1 saturated heterocycles. The SMILES string of the molecule is Cc1nc(N2CCC(Cc3ccccc3)CC2)nc2c1ccc(=O)n2-c1ccc(C(=O)NCc2ccc(C(=O)O)cc2)cc1. The third-order valence-corrected chi connectivity index (χ3v) is 8.24. The molecule has 1 aliphatic rings. The van der Waals surface area contributed by atoms with Crippen molar-refractivity contribution in [3.63, 3.8) is 0 Å². The molecule has 9 nitrogen and oxygen atoms in total. The minimum atomic E-state index is -0.997. The summed E-state index contributed by atoms with van der Waals surface area (Å²) < 4.78 is 1.57. The molecule has 3 aromatic carbocycles. The smallest absolute Gasteiger partial charge is 0.335 e. The number of aryl methyl sites for hydroxylation is 1. The molecule has 1 amide bonds. The average Bonchev–Trinajstić information content (AvgIpc) is 3.04. The second-order valence-electron chi connectivity index (χ2n) is 11.2. The maximum atomic E-state index is 13.2. The van der Waals surface area contributed by atoms with Gasteiger partial charge < -0.3 is 15.3 Å². The standard InChI is InChI=1S/C35H33N5O4/c1-23-30-15-16-31(41)40(29-13-11-27(12-14-29)33(42)36-22-26-7-9-28(10-8-26)34(43)44)32(30)38-35(37-23)39-19-17-25(18-20-39)21-24-5-3-2-4-6-24/h2-16,25H,17-22H2,1H3,(H,36,42)(H,43,44). The maximum absolute atomic E-state index is 13.2. The summed E-state index contributed by atoms with van der Waals surface area (Å²) in [6.07, 6.45) is 3.17. The van der Waals surface area contributed by atoms with Gasteiger partial charge in [0.1, 0.15) is 0 Å². The van der Waals surface area contributed by atoms with Crippen LogP contribution in [0.2, 0.25) is 0 Å². The second kappa shape index (κ2) is 12.5. The van der Waals surface area contributed by atoms with Crippen LogP contribution in [0.3, 0.4) is 0 Å². The van der Waals surface area contributed by atoms with E-state index < -0.39 is 5.97 Å². The molecule has 5 aromatic rings. The van der Waals surface area contributed by atoms with Gasteiger partial charge in [0.15, 0.2) is 5.65 Å². The van der Waals surface area contributed by atoms with Gasteiger partial charge in [0, 0.05) is 36.7 Å². The van der Waals surface area contributed by atoms with Crippen LogP contribution in [0, 0.1) is 12.8 Å². The minimum absolute atomic E-state index is 0.190. The van der Waals surface area contributed by atoms with Crippen LogP contribution in [0.4, 0.5) is 5.95 Å². The number of pyridine rings is 1. The van der Waals surface area contributed by atoms with Gasteiger partial charge in [0.05, 0.1) is 16.9 Å². The number of rotatable bonds is 8. The highest BCUT2D eigenvalue weighted by Crippen LogP contribution is 2.26. The lowest BCUT2D eigenvalue weighted by Crippen LogP contribution is -2.35. The largest absolute Gasteiger partial charge is 0.478 e. The molecule has 3 heterocycles. The Hall–Kier alpha value is -5.31. The normalized spacial score (nSPS) is 13.6. The van der Waals surface area contributed by atoms with Gasteiger partial charge in [-0.2, -0.15) is 4.98 Å². The van der Waals surface area contributed by atoms with Gasteiger partial charge in [0.25, 0.3) is 11.5 Å². The zero-order valence-corrected chi connectivity index (χ0v) is 24.4. The molecule has 2 aromatic heterocycles. The number of fused-ring (bicyclic) bond motifs is 1. The van der Waals surface area contributed by atoms with Crippen molar-refractivity contribution in [3.8, 4) is 5.69 Å². The number of aromatic nitrogens is 3. The molecule has 0 radical (unpaired) electrons. The van der Waals surface area contributed by atoms with Crippen LogP contribution in [0.15, 0.2) is 95.8 Å². The fraction of sp³-hybridized carbons (Fsp3) is 0.229. The van der Waals surface area contributed by atoms with Crippen molar-refractivity contribution in [3.05, 3.63) is 129 Å². The van der Waals surface area contributed by atoms with Crippen molar-refractivity contribution < 1.29 is 14.7 Å². The first-order valence-electron chi connectivity index (χ1n) is 14.8. The number of piperidine rings is 1. The van der Waals surface area contributed by atoms with Crippen LogP contribution < -0.4 is 15.8 Å². The maximum Gasteiger partial charge on any atom is 0.335 e. The lowest BCUT2D eigenvalue weighted by molar-refractivity contribution is 0.0696. The first kappa shape index (κ1) is 28.8. The monoisotopic (exact) mass is 587 g/mol. The zero-order valence-electron chi connectivity index (χ0n) is 24.4. The number of hydrogen-bond donors (Lipinski definition) is 2. The molecule has 44 heavy (non-hydrogen) atoms. The molecule has 1 fully saturated rings. The van der Waals surface area contributed by atoms with Gasteiger partial charge in [-0.05, 0) is 85.7 Å². The number of carboxylic acid groups (broad SMARTS) is 1. The van der Waals surface area contributed by atoms with Crippen LogP contribution in [0.1, 0.15) is 50.4 Å². The third kappa shape index (κ3) is 6.22. The van der Waals surface area contributed by atoms with Crippen molar-refractivity contribution in [2.45, 2.75) is 32.7 Å². The van der Waals surface area contributed by atoms with Gasteiger partial charge in [-0.25, -0.2) is 9.78 Å². The van der Waals surface area contributed by atoms with E-state index in [0.29, 0.717) is 28.8 Å². The summed E-state index contributed by atoms with van der Waals surface area (Å²) >= 11 is 0. The minimum Gasteiger partial charge on any atom is -0.478 e. The van der Waals surface area contributed by atoms with E-state index in [2.05, 4.69) is 34.5 Å². The fourth-order valence-electron chi connectivity index (χ4n) is 5.74. The summed E-state index contributed by atoms with van der Waals surface area (Å²) in [7, 11) is 0. The molecule has 0 aliphatic carbocycles. The molecular formula is C35H33N5O4. The Bertz CT molecular complexity index is 1860. The Labute approximate surface area is 254 Å². The Morgan fingerprint density at radius 1 is 0.841 bits per heavy atom. The van der Waals surface area contributed by atoms with Gasteiger partial charge in [-0.1, -0.05) is 42.5 Å². The Morgan fingerprint density at radius 2 is 1.52 bits per heavy atom. The van der Waals surface area contributed by atoms with Crippen LogP contribution in [-0.4, -0.2) is 44.6 Å². The Balaban J connectivity index is 1.19. The molecule has 0 bridgehead atoms. The van der Waals surface area contributed by atoms with E-state index in [1.165, 1.54) is 23.8 Å². The first-order chi connectivity index (χ1) is 21.4. The predicted octanol–water partition coefficient (Wildman–Crippen LogP) is 5.18. The van der Waals surface area contributed by atoms with Gasteiger partial charge in [-0.3, -0.25) is 14.2 Å². The molecule has 0 unspecified atom stereocenters. The van der Waals surface area contributed by atoms with E-state index >= 15 is 0 Å². The van der Waals surface area contributed by atoms with E-state index in [9.17, 15) is 14.4 Å². The molecule has 6 rings (SSSR count). The highest BCUT2D eigenvalue weighted by molar-refractivity contribution is 5.94. The molecule has 222 valence electrons. The number of amides is 1. The zero-order chi connectivity index (χ0) is 30.6. The van der Waals surface area contributed by atoms with E-state index in [0.717, 1.165) is 49.0 Å². The molecule has 1 aliphatic heterocycles. The number of nitrogens with zero attached hydrogens (tertiary/aromatic N) is 4. The quantitative estimate of drug-likeness (QED) is 0.257. The van der Waals surface area contributed by atoms with Gasteiger partial charge in [0.2, 0.25) is 5.95 Å². The van der Waals surface area contributed by atoms with Crippen molar-refractivity contribution in [1.29, 1.82) is 0 Å². The highest BCUT2D eigenvalue weighted by atomic mass is 16.4. The van der Waals surface area contributed by atoms with E-state index in [1.54, 1.807) is 47.0 Å². The van der Waals surface area contributed by atoms with Crippen LogP contribution in [-0.2, 0) is 13.0 Å². The Kier molecular flexibility index (Phi) is 8.18. The number of anilines is 1. The van der Waals surface area contributed by atoms with E-state index in [4.69, 9.17) is 15.1 Å². The van der Waals surface area contributed by atoms with Crippen LogP contribution in [0.25, 0.3) is 16.7 Å². The number of carbonyl (C=O) groups is 2. The summed E-state index contributed by atoms with van der Waals surface area (Å²) in [5.41, 5.74) is 4.50. The number of carboxylic acids is 1. The Morgan fingerprint density at radius 3 is 2.20 bits per heavy atom. The molecule has 0 spiro atoms. The number of nitrogens with one attached hydrogen (secondary N) is 1. The molecule has 2 N–H and O–H groups in total. The number of aromatic carboxylic acids is 1. The van der Waals surface area contributed by atoms with Crippen molar-refractivity contribution >= 4 is 28.9 Å². The summed E-state index contributed by atoms with van der Waals surface area (Å²) in [5, 5.41) is 12.7. The lowest BCUT2D eigenvalue weighted by Gasteiger charge is -2.32. The summed E-state index contributed by atoms with van der Waals surface area (Å²) in [6, 6.07) is 27.1. The summed E-state index contributed by atoms with van der Waals surface area (Å²) in [6.45, 7) is 3.90.